The fourth-order valence-corrected chi connectivity index (χ4v) is 2.46. The van der Waals surface area contributed by atoms with Crippen molar-refractivity contribution in [2.24, 2.45) is 0 Å². The summed E-state index contributed by atoms with van der Waals surface area (Å²) in [7, 11) is 0. The van der Waals surface area contributed by atoms with Crippen LogP contribution in [0.2, 0.25) is 5.02 Å². The summed E-state index contributed by atoms with van der Waals surface area (Å²) in [6.45, 7) is 7.99. The molecular formula is C15H22ClN3O. The molecule has 110 valence electrons. The van der Waals surface area contributed by atoms with Crippen molar-refractivity contribution in [1.82, 2.24) is 10.2 Å². The van der Waals surface area contributed by atoms with Gasteiger partial charge in [0.25, 0.3) is 0 Å². The molecule has 1 heterocycles. The van der Waals surface area contributed by atoms with Gasteiger partial charge >= 0.3 is 6.03 Å². The summed E-state index contributed by atoms with van der Waals surface area (Å²) in [5.41, 5.74) is 2.22. The zero-order chi connectivity index (χ0) is 14.5. The maximum absolute atomic E-state index is 11.9. The normalized spacial score (nSPS) is 15.3. The third kappa shape index (κ3) is 3.57. The average molecular weight is 296 g/mol. The first-order valence-corrected chi connectivity index (χ1v) is 7.53. The van der Waals surface area contributed by atoms with E-state index in [0.29, 0.717) is 0 Å². The van der Waals surface area contributed by atoms with Crippen LogP contribution < -0.4 is 10.2 Å². The number of carbonyl (C=O) groups is 1. The molecule has 0 unspecified atom stereocenters. The van der Waals surface area contributed by atoms with Crippen LogP contribution in [-0.2, 0) is 0 Å². The van der Waals surface area contributed by atoms with E-state index in [-0.39, 0.29) is 6.03 Å². The van der Waals surface area contributed by atoms with Crippen molar-refractivity contribution in [2.45, 2.75) is 20.3 Å². The summed E-state index contributed by atoms with van der Waals surface area (Å²) >= 11 is 6.17. The van der Waals surface area contributed by atoms with Crippen LogP contribution in [0, 0.1) is 6.92 Å². The molecule has 0 aromatic heterocycles. The van der Waals surface area contributed by atoms with Crippen LogP contribution in [0.5, 0.6) is 0 Å². The summed E-state index contributed by atoms with van der Waals surface area (Å²) in [6.07, 6.45) is 0.966. The second-order valence-electron chi connectivity index (χ2n) is 5.14. The topological polar surface area (TPSA) is 35.6 Å². The van der Waals surface area contributed by atoms with Crippen molar-refractivity contribution < 1.29 is 4.79 Å². The van der Waals surface area contributed by atoms with Crippen LogP contribution in [0.1, 0.15) is 18.9 Å². The molecule has 1 aromatic rings. The Hall–Kier alpha value is -1.42. The molecule has 1 aliphatic heterocycles. The lowest BCUT2D eigenvalue weighted by atomic mass is 10.2. The highest BCUT2D eigenvalue weighted by atomic mass is 35.5. The van der Waals surface area contributed by atoms with Crippen molar-refractivity contribution >= 4 is 23.3 Å². The minimum atomic E-state index is 0.0495. The van der Waals surface area contributed by atoms with E-state index >= 15 is 0 Å². The molecule has 0 spiro atoms. The number of aryl methyl sites for hydroxylation is 1. The van der Waals surface area contributed by atoms with Gasteiger partial charge in [-0.05, 0) is 31.0 Å². The van der Waals surface area contributed by atoms with Crippen molar-refractivity contribution in [1.29, 1.82) is 0 Å². The second-order valence-corrected chi connectivity index (χ2v) is 5.55. The van der Waals surface area contributed by atoms with Gasteiger partial charge in [0.1, 0.15) is 0 Å². The number of rotatable bonds is 3. The van der Waals surface area contributed by atoms with Crippen LogP contribution >= 0.6 is 11.6 Å². The molecule has 0 bridgehead atoms. The van der Waals surface area contributed by atoms with Gasteiger partial charge in [-0.25, -0.2) is 4.79 Å². The Labute approximate surface area is 125 Å². The van der Waals surface area contributed by atoms with E-state index in [1.165, 1.54) is 0 Å². The molecule has 1 N–H and O–H groups in total. The number of carbonyl (C=O) groups excluding carboxylic acids is 1. The van der Waals surface area contributed by atoms with Crippen molar-refractivity contribution in [3.05, 3.63) is 28.8 Å². The van der Waals surface area contributed by atoms with Gasteiger partial charge in [-0.15, -0.1) is 0 Å². The highest BCUT2D eigenvalue weighted by molar-refractivity contribution is 6.31. The number of urea groups is 1. The summed E-state index contributed by atoms with van der Waals surface area (Å²) in [5, 5.41) is 3.72. The monoisotopic (exact) mass is 295 g/mol. The lowest BCUT2D eigenvalue weighted by Crippen LogP contribution is -2.52. The highest BCUT2D eigenvalue weighted by Crippen LogP contribution is 2.24. The molecule has 0 radical (unpaired) electrons. The summed E-state index contributed by atoms with van der Waals surface area (Å²) in [4.78, 5) is 16.0. The molecule has 4 nitrogen and oxygen atoms in total. The summed E-state index contributed by atoms with van der Waals surface area (Å²) < 4.78 is 0. The zero-order valence-electron chi connectivity index (χ0n) is 12.2. The first-order chi connectivity index (χ1) is 9.61. The molecule has 0 saturated carbocycles. The van der Waals surface area contributed by atoms with Crippen LogP contribution in [0.3, 0.4) is 0 Å². The molecule has 1 fully saturated rings. The minimum Gasteiger partial charge on any atom is -0.368 e. The highest BCUT2D eigenvalue weighted by Gasteiger charge is 2.21. The third-order valence-electron chi connectivity index (χ3n) is 3.61. The summed E-state index contributed by atoms with van der Waals surface area (Å²) in [5.74, 6) is 0. The van der Waals surface area contributed by atoms with E-state index in [0.717, 1.165) is 55.4 Å². The quantitative estimate of drug-likeness (QED) is 0.931. The third-order valence-corrected chi connectivity index (χ3v) is 4.02. The molecule has 2 rings (SSSR count). The Bertz CT molecular complexity index is 470. The van der Waals surface area contributed by atoms with E-state index in [1.54, 1.807) is 0 Å². The number of anilines is 1. The minimum absolute atomic E-state index is 0.0495. The first kappa shape index (κ1) is 15.0. The smallest absolute Gasteiger partial charge is 0.317 e. The van der Waals surface area contributed by atoms with E-state index in [9.17, 15) is 4.79 Å². The molecule has 20 heavy (non-hydrogen) atoms. The number of hydrogen-bond donors (Lipinski definition) is 1. The van der Waals surface area contributed by atoms with Gasteiger partial charge in [0.2, 0.25) is 0 Å². The lowest BCUT2D eigenvalue weighted by molar-refractivity contribution is 0.194. The molecule has 0 aliphatic carbocycles. The van der Waals surface area contributed by atoms with Gasteiger partial charge in [-0.2, -0.15) is 0 Å². The van der Waals surface area contributed by atoms with Crippen molar-refractivity contribution in [3.63, 3.8) is 0 Å². The number of benzene rings is 1. The van der Waals surface area contributed by atoms with E-state index in [2.05, 4.69) is 23.2 Å². The first-order valence-electron chi connectivity index (χ1n) is 7.15. The Morgan fingerprint density at radius 2 is 2.00 bits per heavy atom. The van der Waals surface area contributed by atoms with Crippen LogP contribution in [-0.4, -0.2) is 43.7 Å². The van der Waals surface area contributed by atoms with Crippen LogP contribution in [0.4, 0.5) is 10.5 Å². The number of nitrogens with one attached hydrogen (secondary N) is 1. The van der Waals surface area contributed by atoms with Crippen molar-refractivity contribution in [3.8, 4) is 0 Å². The number of halogens is 1. The number of piperazine rings is 1. The SMILES string of the molecule is CCCNC(=O)N1CCN(c2ccc(C)c(Cl)c2)CC1. The predicted molar refractivity (Wildman–Crippen MR) is 83.7 cm³/mol. The average Bonchev–Trinajstić information content (AvgIpc) is 2.48. The maximum atomic E-state index is 11.9. The summed E-state index contributed by atoms with van der Waals surface area (Å²) in [6, 6.07) is 6.18. The fraction of sp³-hybridized carbons (Fsp3) is 0.533. The van der Waals surface area contributed by atoms with Gasteiger partial charge in [0, 0.05) is 43.4 Å². The molecule has 5 heteroatoms. The van der Waals surface area contributed by atoms with Gasteiger partial charge in [-0.3, -0.25) is 0 Å². The molecule has 1 aromatic carbocycles. The number of nitrogens with zero attached hydrogens (tertiary/aromatic N) is 2. The number of amides is 2. The predicted octanol–water partition coefficient (Wildman–Crippen LogP) is 2.89. The van der Waals surface area contributed by atoms with E-state index in [1.807, 2.05) is 24.0 Å². The van der Waals surface area contributed by atoms with Gasteiger partial charge in [-0.1, -0.05) is 24.6 Å². The Balaban J connectivity index is 1.90. The molecular weight excluding hydrogens is 274 g/mol. The lowest BCUT2D eigenvalue weighted by Gasteiger charge is -2.36. The van der Waals surface area contributed by atoms with Crippen LogP contribution in [0.15, 0.2) is 18.2 Å². The van der Waals surface area contributed by atoms with Crippen molar-refractivity contribution in [2.75, 3.05) is 37.6 Å². The largest absolute Gasteiger partial charge is 0.368 e. The second kappa shape index (κ2) is 6.84. The standard InChI is InChI=1S/C15H22ClN3O/c1-3-6-17-15(20)19-9-7-18(8-10-19)13-5-4-12(2)14(16)11-13/h4-5,11H,3,6-10H2,1-2H3,(H,17,20). The Kier molecular flexibility index (Phi) is 5.12. The van der Waals surface area contributed by atoms with Gasteiger partial charge in [0.15, 0.2) is 0 Å². The van der Waals surface area contributed by atoms with E-state index < -0.39 is 0 Å². The van der Waals surface area contributed by atoms with Crippen LogP contribution in [0.25, 0.3) is 0 Å². The zero-order valence-corrected chi connectivity index (χ0v) is 12.9. The molecule has 1 aliphatic rings. The maximum Gasteiger partial charge on any atom is 0.317 e. The number of hydrogen-bond acceptors (Lipinski definition) is 2. The molecule has 1 saturated heterocycles. The molecule has 2 amide bonds. The fourth-order valence-electron chi connectivity index (χ4n) is 2.29. The molecule has 0 atom stereocenters. The van der Waals surface area contributed by atoms with Gasteiger partial charge < -0.3 is 15.1 Å². The Morgan fingerprint density at radius 3 is 2.60 bits per heavy atom. The van der Waals surface area contributed by atoms with Gasteiger partial charge in [0.05, 0.1) is 0 Å². The Morgan fingerprint density at radius 1 is 1.30 bits per heavy atom. The van der Waals surface area contributed by atoms with E-state index in [4.69, 9.17) is 11.6 Å².